The molecule has 1 heterocycles. The topological polar surface area (TPSA) is 55.9 Å². The fourth-order valence-electron chi connectivity index (χ4n) is 4.16. The summed E-state index contributed by atoms with van der Waals surface area (Å²) >= 11 is 0. The molecule has 6 nitrogen and oxygen atoms in total. The molecule has 1 atom stereocenters. The Morgan fingerprint density at radius 3 is 2.13 bits per heavy atom. The molecule has 1 saturated heterocycles. The Kier molecular flexibility index (Phi) is 6.04. The van der Waals surface area contributed by atoms with Gasteiger partial charge in [0.15, 0.2) is 0 Å². The highest BCUT2D eigenvalue weighted by atomic mass is 19.1. The Morgan fingerprint density at radius 2 is 1.52 bits per heavy atom. The second kappa shape index (κ2) is 8.89. The molecule has 1 fully saturated rings. The molecule has 0 amide bonds. The van der Waals surface area contributed by atoms with Gasteiger partial charge in [-0.05, 0) is 43.9 Å². The summed E-state index contributed by atoms with van der Waals surface area (Å²) in [5.74, 6) is -0.256. The molecular weight excluding hydrogens is 395 g/mol. The number of nitrogens with zero attached hydrogens (tertiary/aromatic N) is 3. The van der Waals surface area contributed by atoms with Crippen LogP contribution in [0.25, 0.3) is 0 Å². The third-order valence-corrected chi connectivity index (χ3v) is 5.95. The summed E-state index contributed by atoms with van der Waals surface area (Å²) in [6.07, 6.45) is 0. The number of piperazine rings is 1. The van der Waals surface area contributed by atoms with Gasteiger partial charge in [0.1, 0.15) is 17.2 Å². The van der Waals surface area contributed by atoms with E-state index in [4.69, 9.17) is 0 Å². The van der Waals surface area contributed by atoms with Crippen molar-refractivity contribution in [2.75, 3.05) is 61.9 Å². The lowest BCUT2D eigenvalue weighted by Gasteiger charge is -2.38. The van der Waals surface area contributed by atoms with Crippen LogP contribution in [0, 0.1) is 5.82 Å². The SMILES string of the molecule is CN(C)[C@@H](CNc1c(N2CCN(c3ccc(F)cc3)CC2)c(=O)c1=O)c1ccccc1. The van der Waals surface area contributed by atoms with Gasteiger partial charge >= 0.3 is 0 Å². The van der Waals surface area contributed by atoms with E-state index in [2.05, 4.69) is 27.2 Å². The van der Waals surface area contributed by atoms with Gasteiger partial charge in [-0.1, -0.05) is 30.3 Å². The number of hydrogen-bond donors (Lipinski definition) is 1. The molecule has 1 aliphatic heterocycles. The second-order valence-electron chi connectivity index (χ2n) is 8.10. The van der Waals surface area contributed by atoms with Gasteiger partial charge in [0.2, 0.25) is 0 Å². The van der Waals surface area contributed by atoms with E-state index in [0.717, 1.165) is 11.3 Å². The number of rotatable bonds is 7. The van der Waals surface area contributed by atoms with Gasteiger partial charge in [0.25, 0.3) is 10.9 Å². The third-order valence-electron chi connectivity index (χ3n) is 5.95. The maximum atomic E-state index is 13.2. The van der Waals surface area contributed by atoms with Gasteiger partial charge in [0, 0.05) is 38.4 Å². The summed E-state index contributed by atoms with van der Waals surface area (Å²) in [5.41, 5.74) is 2.16. The van der Waals surface area contributed by atoms with Crippen molar-refractivity contribution < 1.29 is 4.39 Å². The molecule has 0 bridgehead atoms. The van der Waals surface area contributed by atoms with Crippen LogP contribution in [0.3, 0.4) is 0 Å². The molecule has 162 valence electrons. The van der Waals surface area contributed by atoms with Gasteiger partial charge in [0.05, 0.1) is 6.04 Å². The monoisotopic (exact) mass is 422 g/mol. The van der Waals surface area contributed by atoms with E-state index < -0.39 is 10.9 Å². The first-order chi connectivity index (χ1) is 15.0. The number of hydrogen-bond acceptors (Lipinski definition) is 6. The molecule has 0 saturated carbocycles. The average Bonchev–Trinajstić information content (AvgIpc) is 2.79. The molecule has 0 spiro atoms. The van der Waals surface area contributed by atoms with Crippen LogP contribution in [0.5, 0.6) is 0 Å². The smallest absolute Gasteiger partial charge is 0.253 e. The molecule has 4 rings (SSSR count). The summed E-state index contributed by atoms with van der Waals surface area (Å²) in [7, 11) is 3.99. The van der Waals surface area contributed by atoms with Crippen molar-refractivity contribution in [3.8, 4) is 0 Å². The standard InChI is InChI=1S/C24H27FN4O2/c1-27(2)20(17-6-4-3-5-7-17)16-26-21-22(24(31)23(21)30)29-14-12-28(13-15-29)19-10-8-18(25)9-11-19/h3-11,20,26H,12-16H2,1-2H3/t20-/m0/s1. The largest absolute Gasteiger partial charge is 0.378 e. The van der Waals surface area contributed by atoms with Crippen molar-refractivity contribution in [2.45, 2.75) is 6.04 Å². The second-order valence-corrected chi connectivity index (χ2v) is 8.10. The quantitative estimate of drug-likeness (QED) is 0.591. The fraction of sp³-hybridized carbons (Fsp3) is 0.333. The number of likely N-dealkylation sites (N-methyl/N-ethyl adjacent to an activating group) is 1. The summed E-state index contributed by atoms with van der Waals surface area (Å²) in [5, 5.41) is 3.25. The minimum atomic E-state index is -0.443. The van der Waals surface area contributed by atoms with E-state index in [1.54, 1.807) is 12.1 Å². The van der Waals surface area contributed by atoms with Crippen LogP contribution < -0.4 is 26.0 Å². The van der Waals surface area contributed by atoms with E-state index in [1.165, 1.54) is 12.1 Å². The molecule has 31 heavy (non-hydrogen) atoms. The van der Waals surface area contributed by atoms with Gasteiger partial charge in [-0.15, -0.1) is 0 Å². The number of halogens is 1. The van der Waals surface area contributed by atoms with Crippen LogP contribution in [0.15, 0.2) is 64.2 Å². The van der Waals surface area contributed by atoms with Crippen molar-refractivity contribution in [2.24, 2.45) is 0 Å². The predicted molar refractivity (Wildman–Crippen MR) is 124 cm³/mol. The minimum absolute atomic E-state index is 0.0776. The van der Waals surface area contributed by atoms with Crippen LogP contribution >= 0.6 is 0 Å². The molecular formula is C24H27FN4O2. The zero-order valence-corrected chi connectivity index (χ0v) is 17.8. The summed E-state index contributed by atoms with van der Waals surface area (Å²) in [6, 6.07) is 16.6. The van der Waals surface area contributed by atoms with E-state index in [-0.39, 0.29) is 11.9 Å². The van der Waals surface area contributed by atoms with Gasteiger partial charge in [-0.3, -0.25) is 9.59 Å². The first-order valence-electron chi connectivity index (χ1n) is 10.5. The highest BCUT2D eigenvalue weighted by molar-refractivity contribution is 5.75. The maximum absolute atomic E-state index is 13.2. The van der Waals surface area contributed by atoms with Gasteiger partial charge in [-0.25, -0.2) is 4.39 Å². The van der Waals surface area contributed by atoms with Crippen LogP contribution in [0.1, 0.15) is 11.6 Å². The van der Waals surface area contributed by atoms with E-state index in [0.29, 0.717) is 44.1 Å². The molecule has 0 unspecified atom stereocenters. The first kappa shape index (κ1) is 21.1. The molecule has 0 radical (unpaired) electrons. The van der Waals surface area contributed by atoms with Crippen molar-refractivity contribution in [1.82, 2.24) is 4.90 Å². The summed E-state index contributed by atoms with van der Waals surface area (Å²) in [4.78, 5) is 30.9. The molecule has 1 aliphatic rings. The average molecular weight is 423 g/mol. The zero-order chi connectivity index (χ0) is 22.0. The predicted octanol–water partition coefficient (Wildman–Crippen LogP) is 2.46. The van der Waals surface area contributed by atoms with E-state index in [9.17, 15) is 14.0 Å². The lowest BCUT2D eigenvalue weighted by Crippen LogP contribution is -2.51. The highest BCUT2D eigenvalue weighted by Crippen LogP contribution is 2.25. The molecule has 3 aromatic carbocycles. The number of anilines is 3. The van der Waals surface area contributed by atoms with Crippen molar-refractivity contribution in [3.63, 3.8) is 0 Å². The Hall–Kier alpha value is -3.19. The van der Waals surface area contributed by atoms with Crippen LogP contribution in [0.2, 0.25) is 0 Å². The van der Waals surface area contributed by atoms with Crippen molar-refractivity contribution in [1.29, 1.82) is 0 Å². The molecule has 3 aromatic rings. The van der Waals surface area contributed by atoms with Crippen LogP contribution in [0.4, 0.5) is 21.5 Å². The molecule has 0 aliphatic carbocycles. The van der Waals surface area contributed by atoms with E-state index >= 15 is 0 Å². The fourth-order valence-corrected chi connectivity index (χ4v) is 4.16. The van der Waals surface area contributed by atoms with Gasteiger partial charge in [-0.2, -0.15) is 0 Å². The first-order valence-corrected chi connectivity index (χ1v) is 10.5. The molecule has 1 N–H and O–H groups in total. The Balaban J connectivity index is 1.43. The Morgan fingerprint density at radius 1 is 0.903 bits per heavy atom. The summed E-state index contributed by atoms with van der Waals surface area (Å²) in [6.45, 7) is 3.20. The third kappa shape index (κ3) is 4.32. The van der Waals surface area contributed by atoms with Crippen LogP contribution in [-0.4, -0.2) is 51.7 Å². The number of benzene rings is 2. The number of nitrogens with one attached hydrogen (secondary N) is 1. The normalized spacial score (nSPS) is 15.5. The summed E-state index contributed by atoms with van der Waals surface area (Å²) < 4.78 is 13.2. The Labute approximate surface area is 181 Å². The lowest BCUT2D eigenvalue weighted by atomic mass is 10.1. The van der Waals surface area contributed by atoms with E-state index in [1.807, 2.05) is 37.2 Å². The minimum Gasteiger partial charge on any atom is -0.378 e. The van der Waals surface area contributed by atoms with Crippen molar-refractivity contribution in [3.05, 3.63) is 86.4 Å². The Bertz CT molecular complexity index is 1080. The lowest BCUT2D eigenvalue weighted by molar-refractivity contribution is 0.312. The zero-order valence-electron chi connectivity index (χ0n) is 17.8. The highest BCUT2D eigenvalue weighted by Gasteiger charge is 2.29. The molecule has 7 heteroatoms. The molecule has 0 aromatic heterocycles. The van der Waals surface area contributed by atoms with Crippen LogP contribution in [-0.2, 0) is 0 Å². The van der Waals surface area contributed by atoms with Gasteiger partial charge < -0.3 is 20.0 Å². The maximum Gasteiger partial charge on any atom is 0.253 e. The van der Waals surface area contributed by atoms with Crippen molar-refractivity contribution >= 4 is 17.1 Å².